The maximum Gasteiger partial charge on any atom is 0.267 e. The molecule has 0 saturated heterocycles. The largest absolute Gasteiger partial charge is 0.276 e. The maximum absolute atomic E-state index is 14.0. The van der Waals surface area contributed by atoms with Crippen LogP contribution in [-0.4, -0.2) is 19.6 Å². The minimum Gasteiger partial charge on any atom is -0.276 e. The van der Waals surface area contributed by atoms with E-state index in [-0.39, 0.29) is 5.56 Å². The number of fused-ring (bicyclic) bond motifs is 4. The van der Waals surface area contributed by atoms with Crippen molar-refractivity contribution in [2.45, 2.75) is 0 Å². The smallest absolute Gasteiger partial charge is 0.267 e. The van der Waals surface area contributed by atoms with Crippen LogP contribution in [-0.2, 0) is 0 Å². The molecule has 3 aromatic carbocycles. The first kappa shape index (κ1) is 18.0. The van der Waals surface area contributed by atoms with Crippen molar-refractivity contribution in [2.75, 3.05) is 0 Å². The van der Waals surface area contributed by atoms with Crippen LogP contribution in [0.2, 0.25) is 0 Å². The summed E-state index contributed by atoms with van der Waals surface area (Å²) in [6.45, 7) is 0. The van der Waals surface area contributed by atoms with Crippen molar-refractivity contribution in [3.05, 3.63) is 101 Å². The first-order valence-corrected chi connectivity index (χ1v) is 10.1. The summed E-state index contributed by atoms with van der Waals surface area (Å²) in [7, 11) is 0. The van der Waals surface area contributed by atoms with Gasteiger partial charge in [-0.25, -0.2) is 4.98 Å². The Morgan fingerprint density at radius 2 is 1.50 bits per heavy atom. The third-order valence-corrected chi connectivity index (χ3v) is 5.69. The molecule has 0 atom stereocenters. The van der Waals surface area contributed by atoms with Crippen LogP contribution in [0.5, 0.6) is 0 Å². The minimum absolute atomic E-state index is 0.239. The zero-order valence-corrected chi connectivity index (χ0v) is 16.8. The molecule has 32 heavy (non-hydrogen) atoms. The first-order valence-electron chi connectivity index (χ1n) is 10.1. The van der Waals surface area contributed by atoms with Gasteiger partial charge in [-0.15, -0.1) is 0 Å². The molecule has 3 heterocycles. The van der Waals surface area contributed by atoms with E-state index in [1.54, 1.807) is 0 Å². The molecule has 0 aliphatic carbocycles. The maximum atomic E-state index is 14.0. The van der Waals surface area contributed by atoms with Crippen LogP contribution in [0, 0.1) is 11.3 Å². The molecule has 6 rings (SSSR count). The summed E-state index contributed by atoms with van der Waals surface area (Å²) in [5.74, 6) is 0. The second kappa shape index (κ2) is 6.89. The summed E-state index contributed by atoms with van der Waals surface area (Å²) in [6.07, 6.45) is 0. The standard InChI is InChI=1S/C26H15N5O/c27-15-18-24-22(26(32)31-20-14-8-7-13-19(20)28-25(18)31)21(16-9-3-1-4-10-16)23(29-30-24)17-11-5-2-6-12-17/h1-14,30H. The average Bonchev–Trinajstić information content (AvgIpc) is 3.24. The highest BCUT2D eigenvalue weighted by atomic mass is 16.1. The van der Waals surface area contributed by atoms with Gasteiger partial charge in [0.1, 0.15) is 11.6 Å². The molecule has 6 aromatic rings. The average molecular weight is 413 g/mol. The summed E-state index contributed by atoms with van der Waals surface area (Å²) in [5, 5.41) is 18.1. The Balaban J connectivity index is 1.90. The third kappa shape index (κ3) is 2.49. The third-order valence-electron chi connectivity index (χ3n) is 5.69. The summed E-state index contributed by atoms with van der Waals surface area (Å²) in [5.41, 5.74) is 5.16. The van der Waals surface area contributed by atoms with E-state index < -0.39 is 0 Å². The number of H-pyrrole nitrogens is 1. The fourth-order valence-electron chi connectivity index (χ4n) is 4.28. The van der Waals surface area contributed by atoms with Gasteiger partial charge in [0.2, 0.25) is 0 Å². The van der Waals surface area contributed by atoms with Crippen molar-refractivity contribution in [2.24, 2.45) is 0 Å². The monoisotopic (exact) mass is 413 g/mol. The molecule has 1 N–H and O–H groups in total. The Bertz CT molecular complexity index is 1740. The summed E-state index contributed by atoms with van der Waals surface area (Å²) in [6, 6.07) is 29.0. The lowest BCUT2D eigenvalue weighted by Gasteiger charge is -2.14. The van der Waals surface area contributed by atoms with Crippen molar-refractivity contribution in [3.63, 3.8) is 0 Å². The lowest BCUT2D eigenvalue weighted by Crippen LogP contribution is -2.17. The van der Waals surface area contributed by atoms with Gasteiger partial charge >= 0.3 is 0 Å². The molecule has 150 valence electrons. The fourth-order valence-corrected chi connectivity index (χ4v) is 4.28. The van der Waals surface area contributed by atoms with Crippen LogP contribution in [0.3, 0.4) is 0 Å². The molecule has 0 amide bonds. The Morgan fingerprint density at radius 1 is 0.844 bits per heavy atom. The van der Waals surface area contributed by atoms with Crippen LogP contribution in [0.4, 0.5) is 0 Å². The van der Waals surface area contributed by atoms with E-state index in [2.05, 4.69) is 21.3 Å². The molecule has 0 aliphatic heterocycles. The summed E-state index contributed by atoms with van der Waals surface area (Å²) < 4.78 is 1.53. The van der Waals surface area contributed by atoms with Gasteiger partial charge in [0.15, 0.2) is 5.65 Å². The van der Waals surface area contributed by atoms with Crippen molar-refractivity contribution in [1.82, 2.24) is 19.6 Å². The van der Waals surface area contributed by atoms with E-state index in [4.69, 9.17) is 0 Å². The number of aromatic nitrogens is 4. The Hall–Kier alpha value is -4.76. The first-order chi connectivity index (χ1) is 15.8. The topological polar surface area (TPSA) is 86.8 Å². The Morgan fingerprint density at radius 3 is 2.22 bits per heavy atom. The van der Waals surface area contributed by atoms with Gasteiger partial charge < -0.3 is 0 Å². The molecule has 6 heteroatoms. The fraction of sp³-hybridized carbons (Fsp3) is 0. The van der Waals surface area contributed by atoms with E-state index in [0.29, 0.717) is 44.4 Å². The molecule has 0 fully saturated rings. The SMILES string of the molecule is N#Cc1c2[nH]nc(-c3ccccc3)c(-c3ccccc3)c2c(=O)n2c1nc1ccccc12. The molecular weight excluding hydrogens is 398 g/mol. The normalized spacial score (nSPS) is 11.2. The van der Waals surface area contributed by atoms with E-state index in [0.717, 1.165) is 11.1 Å². The predicted molar refractivity (Wildman–Crippen MR) is 124 cm³/mol. The predicted octanol–water partition coefficient (Wildman–Crippen LogP) is 4.93. The number of nitriles is 1. The number of hydrogen-bond acceptors (Lipinski definition) is 4. The second-order valence-electron chi connectivity index (χ2n) is 7.48. The zero-order valence-electron chi connectivity index (χ0n) is 16.8. The lowest BCUT2D eigenvalue weighted by atomic mass is 9.95. The van der Waals surface area contributed by atoms with Gasteiger partial charge in [0.25, 0.3) is 5.56 Å². The van der Waals surface area contributed by atoms with Crippen LogP contribution < -0.4 is 5.56 Å². The van der Waals surface area contributed by atoms with Crippen molar-refractivity contribution >= 4 is 27.6 Å². The van der Waals surface area contributed by atoms with Crippen LogP contribution in [0.25, 0.3) is 50.0 Å². The Kier molecular flexibility index (Phi) is 3.89. The molecule has 3 aromatic heterocycles. The van der Waals surface area contributed by atoms with E-state index in [1.165, 1.54) is 4.40 Å². The number of benzene rings is 3. The van der Waals surface area contributed by atoms with Crippen LogP contribution in [0.1, 0.15) is 5.56 Å². The zero-order chi connectivity index (χ0) is 21.7. The molecule has 0 unspecified atom stereocenters. The highest BCUT2D eigenvalue weighted by molar-refractivity contribution is 6.04. The van der Waals surface area contributed by atoms with Gasteiger partial charge in [0, 0.05) is 11.1 Å². The van der Waals surface area contributed by atoms with Crippen LogP contribution in [0.15, 0.2) is 89.7 Å². The molecule has 0 saturated carbocycles. The number of para-hydroxylation sites is 2. The number of nitrogens with zero attached hydrogens (tertiary/aromatic N) is 4. The molecule has 0 bridgehead atoms. The number of aromatic amines is 1. The molecule has 0 radical (unpaired) electrons. The summed E-state index contributed by atoms with van der Waals surface area (Å²) in [4.78, 5) is 18.5. The highest BCUT2D eigenvalue weighted by Crippen LogP contribution is 2.35. The van der Waals surface area contributed by atoms with E-state index >= 15 is 0 Å². The summed E-state index contributed by atoms with van der Waals surface area (Å²) >= 11 is 0. The van der Waals surface area contributed by atoms with Gasteiger partial charge in [0.05, 0.1) is 27.6 Å². The lowest BCUT2D eigenvalue weighted by molar-refractivity contribution is 1.07. The van der Waals surface area contributed by atoms with Gasteiger partial charge in [-0.1, -0.05) is 72.8 Å². The number of rotatable bonds is 2. The molecule has 6 nitrogen and oxygen atoms in total. The molecule has 0 aliphatic rings. The van der Waals surface area contributed by atoms with Crippen molar-refractivity contribution in [1.29, 1.82) is 5.26 Å². The van der Waals surface area contributed by atoms with Gasteiger partial charge in [-0.3, -0.25) is 14.3 Å². The van der Waals surface area contributed by atoms with Gasteiger partial charge in [-0.05, 0) is 17.7 Å². The van der Waals surface area contributed by atoms with E-state index in [9.17, 15) is 10.1 Å². The number of hydrogen-bond donors (Lipinski definition) is 1. The number of imidazole rings is 1. The van der Waals surface area contributed by atoms with Gasteiger partial charge in [-0.2, -0.15) is 10.4 Å². The van der Waals surface area contributed by atoms with E-state index in [1.807, 2.05) is 84.9 Å². The molecular formula is C26H15N5O. The number of nitrogens with one attached hydrogen (secondary N) is 1. The van der Waals surface area contributed by atoms with Crippen LogP contribution >= 0.6 is 0 Å². The van der Waals surface area contributed by atoms with Crippen molar-refractivity contribution in [3.8, 4) is 28.5 Å². The van der Waals surface area contributed by atoms with Crippen molar-refractivity contribution < 1.29 is 0 Å². The quantitative estimate of drug-likeness (QED) is 0.436. The molecule has 0 spiro atoms. The second-order valence-corrected chi connectivity index (χ2v) is 7.48. The minimum atomic E-state index is -0.239. The highest BCUT2D eigenvalue weighted by Gasteiger charge is 2.23. The number of pyridine rings is 1. The Labute approximate surface area is 182 Å².